The van der Waals surface area contributed by atoms with E-state index in [4.69, 9.17) is 9.72 Å². The molecule has 4 rings (SSSR count). The number of ether oxygens (including phenoxy) is 1. The van der Waals surface area contributed by atoms with Gasteiger partial charge < -0.3 is 14.2 Å². The Labute approximate surface area is 159 Å². The molecule has 1 saturated heterocycles. The van der Waals surface area contributed by atoms with Crippen molar-refractivity contribution in [2.24, 2.45) is 7.05 Å². The first kappa shape index (κ1) is 17.5. The Morgan fingerprint density at radius 3 is 2.48 bits per heavy atom. The van der Waals surface area contributed by atoms with E-state index in [1.165, 1.54) is 0 Å². The predicted octanol–water partition coefficient (Wildman–Crippen LogP) is 2.54. The van der Waals surface area contributed by atoms with Gasteiger partial charge >= 0.3 is 0 Å². The number of carbonyl (C=O) groups is 1. The van der Waals surface area contributed by atoms with E-state index in [2.05, 4.69) is 22.6 Å². The zero-order valence-electron chi connectivity index (χ0n) is 15.8. The molecule has 1 aromatic heterocycles. The van der Waals surface area contributed by atoms with Crippen molar-refractivity contribution >= 4 is 16.9 Å². The van der Waals surface area contributed by atoms with Crippen molar-refractivity contribution in [1.82, 2.24) is 19.4 Å². The highest BCUT2D eigenvalue weighted by Gasteiger charge is 2.24. The van der Waals surface area contributed by atoms with Crippen LogP contribution in [0.3, 0.4) is 0 Å². The van der Waals surface area contributed by atoms with Gasteiger partial charge in [-0.2, -0.15) is 0 Å². The number of nitrogens with zero attached hydrogens (tertiary/aromatic N) is 4. The van der Waals surface area contributed by atoms with Crippen molar-refractivity contribution in [3.63, 3.8) is 0 Å². The molecule has 1 fully saturated rings. The van der Waals surface area contributed by atoms with E-state index in [9.17, 15) is 4.79 Å². The first-order valence-corrected chi connectivity index (χ1v) is 9.22. The summed E-state index contributed by atoms with van der Waals surface area (Å²) in [4.78, 5) is 21.8. The molecule has 140 valence electrons. The molecule has 0 bridgehead atoms. The van der Waals surface area contributed by atoms with Gasteiger partial charge in [0.1, 0.15) is 11.6 Å². The third kappa shape index (κ3) is 3.40. The van der Waals surface area contributed by atoms with Crippen molar-refractivity contribution in [2.75, 3.05) is 33.3 Å². The predicted molar refractivity (Wildman–Crippen MR) is 105 cm³/mol. The summed E-state index contributed by atoms with van der Waals surface area (Å²) < 4.78 is 7.48. The molecule has 3 aromatic rings. The van der Waals surface area contributed by atoms with Gasteiger partial charge in [0, 0.05) is 33.2 Å². The average molecular weight is 364 g/mol. The van der Waals surface area contributed by atoms with Crippen LogP contribution in [-0.4, -0.2) is 58.5 Å². The first-order valence-electron chi connectivity index (χ1n) is 9.22. The molecule has 0 unspecified atom stereocenters. The van der Waals surface area contributed by atoms with Crippen molar-refractivity contribution in [1.29, 1.82) is 0 Å². The molecule has 0 aliphatic carbocycles. The van der Waals surface area contributed by atoms with E-state index >= 15 is 0 Å². The normalized spacial score (nSPS) is 15.3. The molecule has 0 N–H and O–H groups in total. The molecule has 1 amide bonds. The minimum absolute atomic E-state index is 0.0369. The topological polar surface area (TPSA) is 50.6 Å². The lowest BCUT2D eigenvalue weighted by Gasteiger charge is -2.34. The van der Waals surface area contributed by atoms with Crippen molar-refractivity contribution < 1.29 is 9.53 Å². The average Bonchev–Trinajstić information content (AvgIpc) is 3.03. The van der Waals surface area contributed by atoms with Crippen LogP contribution in [-0.2, 0) is 13.6 Å². The number of para-hydroxylation sites is 3. The van der Waals surface area contributed by atoms with Crippen molar-refractivity contribution in [2.45, 2.75) is 6.54 Å². The van der Waals surface area contributed by atoms with E-state index in [1.54, 1.807) is 7.11 Å². The summed E-state index contributed by atoms with van der Waals surface area (Å²) in [7, 11) is 3.66. The molecular weight excluding hydrogens is 340 g/mol. The van der Waals surface area contributed by atoms with Gasteiger partial charge in [-0.05, 0) is 24.3 Å². The second kappa shape index (κ2) is 7.40. The Balaban J connectivity index is 1.41. The number of rotatable bonds is 4. The van der Waals surface area contributed by atoms with Gasteiger partial charge in [-0.1, -0.05) is 24.3 Å². The van der Waals surface area contributed by atoms with Crippen LogP contribution >= 0.6 is 0 Å². The summed E-state index contributed by atoms with van der Waals surface area (Å²) in [5.74, 6) is 1.72. The summed E-state index contributed by atoms with van der Waals surface area (Å²) in [6.45, 7) is 3.89. The Bertz CT molecular complexity index is 958. The molecule has 2 heterocycles. The quantitative estimate of drug-likeness (QED) is 0.714. The van der Waals surface area contributed by atoms with Gasteiger partial charge in [-0.3, -0.25) is 9.69 Å². The van der Waals surface area contributed by atoms with Gasteiger partial charge in [0.05, 0.1) is 30.3 Å². The first-order chi connectivity index (χ1) is 13.2. The molecule has 0 radical (unpaired) electrons. The molecular formula is C21H24N4O2. The smallest absolute Gasteiger partial charge is 0.257 e. The third-order valence-corrected chi connectivity index (χ3v) is 5.24. The summed E-state index contributed by atoms with van der Waals surface area (Å²) in [5.41, 5.74) is 2.81. The molecule has 0 atom stereocenters. The number of methoxy groups -OCH3 is 1. The van der Waals surface area contributed by atoms with Crippen LogP contribution in [0.5, 0.6) is 5.75 Å². The maximum Gasteiger partial charge on any atom is 0.257 e. The van der Waals surface area contributed by atoms with Gasteiger partial charge in [0.25, 0.3) is 5.91 Å². The van der Waals surface area contributed by atoms with Crippen LogP contribution in [0.4, 0.5) is 0 Å². The molecule has 6 nitrogen and oxygen atoms in total. The van der Waals surface area contributed by atoms with Crippen LogP contribution in [0.2, 0.25) is 0 Å². The number of hydrogen-bond donors (Lipinski definition) is 0. The lowest BCUT2D eigenvalue weighted by molar-refractivity contribution is 0.0621. The Hall–Kier alpha value is -2.86. The van der Waals surface area contributed by atoms with E-state index in [0.29, 0.717) is 24.4 Å². The van der Waals surface area contributed by atoms with Crippen LogP contribution < -0.4 is 4.74 Å². The number of aryl methyl sites for hydroxylation is 1. The van der Waals surface area contributed by atoms with E-state index in [-0.39, 0.29) is 5.91 Å². The molecule has 0 spiro atoms. The van der Waals surface area contributed by atoms with E-state index in [1.807, 2.05) is 47.4 Å². The van der Waals surface area contributed by atoms with Crippen LogP contribution in [0, 0.1) is 0 Å². The highest BCUT2D eigenvalue weighted by molar-refractivity contribution is 5.97. The Morgan fingerprint density at radius 2 is 1.74 bits per heavy atom. The summed E-state index contributed by atoms with van der Waals surface area (Å²) in [6, 6.07) is 15.6. The number of imidazole rings is 1. The molecule has 2 aromatic carbocycles. The van der Waals surface area contributed by atoms with Crippen molar-refractivity contribution in [3.05, 3.63) is 59.9 Å². The largest absolute Gasteiger partial charge is 0.496 e. The maximum absolute atomic E-state index is 12.8. The Morgan fingerprint density at radius 1 is 1.04 bits per heavy atom. The van der Waals surface area contributed by atoms with Crippen LogP contribution in [0.15, 0.2) is 48.5 Å². The fourth-order valence-corrected chi connectivity index (χ4v) is 3.64. The molecule has 1 aliphatic rings. The number of fused-ring (bicyclic) bond motifs is 1. The maximum atomic E-state index is 12.8. The van der Waals surface area contributed by atoms with E-state index < -0.39 is 0 Å². The van der Waals surface area contributed by atoms with Gasteiger partial charge in [0.15, 0.2) is 0 Å². The molecule has 0 saturated carbocycles. The highest BCUT2D eigenvalue weighted by atomic mass is 16.5. The minimum atomic E-state index is 0.0369. The Kier molecular flexibility index (Phi) is 4.81. The second-order valence-corrected chi connectivity index (χ2v) is 6.84. The van der Waals surface area contributed by atoms with Gasteiger partial charge in [-0.15, -0.1) is 0 Å². The molecule has 6 heteroatoms. The minimum Gasteiger partial charge on any atom is -0.496 e. The number of benzene rings is 2. The molecule has 1 aliphatic heterocycles. The summed E-state index contributed by atoms with van der Waals surface area (Å²) >= 11 is 0. The zero-order chi connectivity index (χ0) is 18.8. The second-order valence-electron chi connectivity index (χ2n) is 6.84. The van der Waals surface area contributed by atoms with Crippen LogP contribution in [0.1, 0.15) is 16.2 Å². The van der Waals surface area contributed by atoms with Crippen molar-refractivity contribution in [3.8, 4) is 5.75 Å². The monoisotopic (exact) mass is 364 g/mol. The third-order valence-electron chi connectivity index (χ3n) is 5.24. The highest BCUT2D eigenvalue weighted by Crippen LogP contribution is 2.21. The lowest BCUT2D eigenvalue weighted by Crippen LogP contribution is -2.48. The number of aromatic nitrogens is 2. The van der Waals surface area contributed by atoms with E-state index in [0.717, 1.165) is 36.5 Å². The van der Waals surface area contributed by atoms with Crippen LogP contribution in [0.25, 0.3) is 11.0 Å². The number of hydrogen-bond acceptors (Lipinski definition) is 4. The number of carbonyl (C=O) groups excluding carboxylic acids is 1. The van der Waals surface area contributed by atoms with Gasteiger partial charge in [-0.25, -0.2) is 4.98 Å². The summed E-state index contributed by atoms with van der Waals surface area (Å²) in [6.07, 6.45) is 0. The SMILES string of the molecule is COc1ccccc1C(=O)N1CCN(Cc2nc3ccccc3n2C)CC1. The zero-order valence-corrected chi connectivity index (χ0v) is 15.8. The van der Waals surface area contributed by atoms with Gasteiger partial charge in [0.2, 0.25) is 0 Å². The number of amides is 1. The fourth-order valence-electron chi connectivity index (χ4n) is 3.64. The molecule has 27 heavy (non-hydrogen) atoms. The standard InChI is InChI=1S/C21H24N4O2/c1-23-18-9-5-4-8-17(18)22-20(23)15-24-11-13-25(14-12-24)21(26)16-7-3-6-10-19(16)27-2/h3-10H,11-15H2,1-2H3. The number of piperazine rings is 1. The lowest BCUT2D eigenvalue weighted by atomic mass is 10.1. The fraction of sp³-hybridized carbons (Fsp3) is 0.333. The summed E-state index contributed by atoms with van der Waals surface area (Å²) in [5, 5.41) is 0.